The third-order valence-corrected chi connectivity index (χ3v) is 2.96. The van der Waals surface area contributed by atoms with Crippen molar-refractivity contribution in [2.45, 2.75) is 19.8 Å². The number of methoxy groups -OCH3 is 1. The predicted octanol–water partition coefficient (Wildman–Crippen LogP) is 2.02. The molecule has 1 heterocycles. The fraction of sp³-hybridized carbons (Fsp3) is 0.385. The lowest BCUT2D eigenvalue weighted by Crippen LogP contribution is -2.29. The van der Waals surface area contributed by atoms with E-state index in [0.29, 0.717) is 36.4 Å². The number of nitrogens with zero attached hydrogens (tertiary/aromatic N) is 1. The Morgan fingerprint density at radius 2 is 2.18 bits per heavy atom. The van der Waals surface area contributed by atoms with Crippen molar-refractivity contribution in [1.29, 1.82) is 0 Å². The highest BCUT2D eigenvalue weighted by atomic mass is 16.5. The van der Waals surface area contributed by atoms with Crippen molar-refractivity contribution in [3.63, 3.8) is 0 Å². The molecule has 90 valence electrons. The molecule has 1 aromatic rings. The molecule has 0 atom stereocenters. The Kier molecular flexibility index (Phi) is 3.13. The molecular weight excluding hydrogens is 218 g/mol. The summed E-state index contributed by atoms with van der Waals surface area (Å²) in [7, 11) is 1.57. The van der Waals surface area contributed by atoms with Gasteiger partial charge in [0.25, 0.3) is 0 Å². The van der Waals surface area contributed by atoms with Crippen molar-refractivity contribution in [1.82, 2.24) is 0 Å². The highest BCUT2D eigenvalue weighted by molar-refractivity contribution is 6.06. The van der Waals surface area contributed by atoms with E-state index < -0.39 is 0 Å². The first kappa shape index (κ1) is 11.6. The largest absolute Gasteiger partial charge is 0.497 e. The van der Waals surface area contributed by atoms with Crippen LogP contribution in [-0.4, -0.2) is 25.3 Å². The lowest BCUT2D eigenvalue weighted by atomic mass is 10.1. The van der Waals surface area contributed by atoms with Gasteiger partial charge in [-0.05, 0) is 18.6 Å². The molecule has 0 saturated carbocycles. The molecular formula is C13H15NO3. The lowest BCUT2D eigenvalue weighted by Gasteiger charge is -2.21. The second-order valence-electron chi connectivity index (χ2n) is 4.08. The average molecular weight is 233 g/mol. The lowest BCUT2D eigenvalue weighted by molar-refractivity contribution is -0.116. The van der Waals surface area contributed by atoms with Gasteiger partial charge in [-0.25, -0.2) is 0 Å². The summed E-state index contributed by atoms with van der Waals surface area (Å²) >= 11 is 0. The number of anilines is 1. The van der Waals surface area contributed by atoms with Crippen LogP contribution in [0.5, 0.6) is 5.75 Å². The summed E-state index contributed by atoms with van der Waals surface area (Å²) in [6, 6.07) is 5.23. The molecule has 2 rings (SSSR count). The Morgan fingerprint density at radius 3 is 2.82 bits per heavy atom. The van der Waals surface area contributed by atoms with Gasteiger partial charge in [-0.15, -0.1) is 0 Å². The molecule has 0 saturated heterocycles. The Labute approximate surface area is 100 Å². The Morgan fingerprint density at radius 1 is 1.41 bits per heavy atom. The molecule has 17 heavy (non-hydrogen) atoms. The molecule has 0 N–H and O–H groups in total. The van der Waals surface area contributed by atoms with Crippen LogP contribution in [0.4, 0.5) is 5.69 Å². The number of carbonyl (C=O) groups is 2. The number of fused-ring (bicyclic) bond motifs is 1. The predicted molar refractivity (Wildman–Crippen MR) is 64.6 cm³/mol. The number of amides is 1. The number of ether oxygens (including phenoxy) is 1. The molecule has 0 radical (unpaired) electrons. The quantitative estimate of drug-likeness (QED) is 0.745. The van der Waals surface area contributed by atoms with Crippen LogP contribution in [0.2, 0.25) is 0 Å². The smallest absolute Gasteiger partial charge is 0.223 e. The Balaban J connectivity index is 2.55. The standard InChI is InChI=1S/C13H15NO3/c1-9(15)14-7-3-4-13(16)11-6-5-10(17-2)8-12(11)14/h5-6,8H,3-4,7H2,1-2H3. The summed E-state index contributed by atoms with van der Waals surface area (Å²) < 4.78 is 5.14. The van der Waals surface area contributed by atoms with Crippen molar-refractivity contribution >= 4 is 17.4 Å². The molecule has 0 aromatic heterocycles. The van der Waals surface area contributed by atoms with Gasteiger partial charge in [-0.3, -0.25) is 9.59 Å². The first-order chi connectivity index (χ1) is 8.13. The maximum Gasteiger partial charge on any atom is 0.223 e. The summed E-state index contributed by atoms with van der Waals surface area (Å²) in [4.78, 5) is 25.1. The monoisotopic (exact) mass is 233 g/mol. The summed E-state index contributed by atoms with van der Waals surface area (Å²) in [6.45, 7) is 2.10. The van der Waals surface area contributed by atoms with Gasteiger partial charge in [0.15, 0.2) is 5.78 Å². The highest BCUT2D eigenvalue weighted by Gasteiger charge is 2.23. The molecule has 0 bridgehead atoms. The van der Waals surface area contributed by atoms with Crippen LogP contribution in [0.25, 0.3) is 0 Å². The van der Waals surface area contributed by atoms with Crippen LogP contribution in [0.1, 0.15) is 30.1 Å². The maximum absolute atomic E-state index is 11.9. The number of hydrogen-bond donors (Lipinski definition) is 0. The number of rotatable bonds is 1. The molecule has 0 aliphatic carbocycles. The molecule has 0 fully saturated rings. The van der Waals surface area contributed by atoms with E-state index in [0.717, 1.165) is 0 Å². The Hall–Kier alpha value is -1.84. The minimum atomic E-state index is -0.0470. The van der Waals surface area contributed by atoms with Crippen molar-refractivity contribution < 1.29 is 14.3 Å². The zero-order chi connectivity index (χ0) is 12.4. The minimum Gasteiger partial charge on any atom is -0.497 e. The van der Waals surface area contributed by atoms with E-state index >= 15 is 0 Å². The summed E-state index contributed by atoms with van der Waals surface area (Å²) in [5, 5.41) is 0. The van der Waals surface area contributed by atoms with Crippen LogP contribution < -0.4 is 9.64 Å². The first-order valence-electron chi connectivity index (χ1n) is 5.63. The number of hydrogen-bond acceptors (Lipinski definition) is 3. The zero-order valence-electron chi connectivity index (χ0n) is 10.0. The van der Waals surface area contributed by atoms with E-state index in [-0.39, 0.29) is 11.7 Å². The van der Waals surface area contributed by atoms with Gasteiger partial charge in [0.2, 0.25) is 5.91 Å². The topological polar surface area (TPSA) is 46.6 Å². The summed E-state index contributed by atoms with van der Waals surface area (Å²) in [5.74, 6) is 0.699. The number of Topliss-reactive ketones (excluding diaryl/α,β-unsaturated/α-hetero) is 1. The van der Waals surface area contributed by atoms with E-state index in [2.05, 4.69) is 0 Å². The molecule has 1 aromatic carbocycles. The molecule has 0 unspecified atom stereocenters. The fourth-order valence-electron chi connectivity index (χ4n) is 2.08. The maximum atomic E-state index is 11.9. The molecule has 1 amide bonds. The van der Waals surface area contributed by atoms with E-state index in [1.165, 1.54) is 6.92 Å². The van der Waals surface area contributed by atoms with Gasteiger partial charge in [0.1, 0.15) is 5.75 Å². The average Bonchev–Trinajstić information content (AvgIpc) is 2.48. The molecule has 1 aliphatic heterocycles. The summed E-state index contributed by atoms with van der Waals surface area (Å²) in [6.07, 6.45) is 1.19. The van der Waals surface area contributed by atoms with Gasteiger partial charge in [-0.1, -0.05) is 0 Å². The molecule has 1 aliphatic rings. The van der Waals surface area contributed by atoms with Crippen molar-refractivity contribution in [2.75, 3.05) is 18.6 Å². The molecule has 0 spiro atoms. The zero-order valence-corrected chi connectivity index (χ0v) is 10.0. The van der Waals surface area contributed by atoms with Gasteiger partial charge >= 0.3 is 0 Å². The molecule has 4 nitrogen and oxygen atoms in total. The van der Waals surface area contributed by atoms with Crippen LogP contribution in [-0.2, 0) is 4.79 Å². The number of benzene rings is 1. The van der Waals surface area contributed by atoms with E-state index in [9.17, 15) is 9.59 Å². The normalized spacial score (nSPS) is 15.2. The second-order valence-corrected chi connectivity index (χ2v) is 4.08. The third kappa shape index (κ3) is 2.16. The molecule has 4 heteroatoms. The van der Waals surface area contributed by atoms with Crippen LogP contribution in [0.15, 0.2) is 18.2 Å². The van der Waals surface area contributed by atoms with Gasteiger partial charge in [0.05, 0.1) is 12.8 Å². The summed E-state index contributed by atoms with van der Waals surface area (Å²) in [5.41, 5.74) is 1.28. The second kappa shape index (κ2) is 4.57. The van der Waals surface area contributed by atoms with Gasteiger partial charge in [-0.2, -0.15) is 0 Å². The SMILES string of the molecule is COc1ccc2c(c1)N(C(C)=O)CCCC2=O. The van der Waals surface area contributed by atoms with E-state index in [1.807, 2.05) is 0 Å². The first-order valence-corrected chi connectivity index (χ1v) is 5.63. The van der Waals surface area contributed by atoms with E-state index in [4.69, 9.17) is 4.74 Å². The van der Waals surface area contributed by atoms with Crippen molar-refractivity contribution in [2.24, 2.45) is 0 Å². The van der Waals surface area contributed by atoms with Gasteiger partial charge < -0.3 is 9.64 Å². The van der Waals surface area contributed by atoms with Crippen molar-refractivity contribution in [3.05, 3.63) is 23.8 Å². The number of ketones is 1. The van der Waals surface area contributed by atoms with E-state index in [1.54, 1.807) is 30.2 Å². The van der Waals surface area contributed by atoms with Gasteiger partial charge in [0, 0.05) is 31.5 Å². The third-order valence-electron chi connectivity index (χ3n) is 2.96. The van der Waals surface area contributed by atoms with Crippen LogP contribution in [0.3, 0.4) is 0 Å². The highest BCUT2D eigenvalue weighted by Crippen LogP contribution is 2.30. The fourth-order valence-corrected chi connectivity index (χ4v) is 2.08. The van der Waals surface area contributed by atoms with Crippen LogP contribution in [0, 0.1) is 0 Å². The number of carbonyl (C=O) groups excluding carboxylic acids is 2. The Bertz CT molecular complexity index is 468. The van der Waals surface area contributed by atoms with Crippen molar-refractivity contribution in [3.8, 4) is 5.75 Å². The van der Waals surface area contributed by atoms with Crippen LogP contribution >= 0.6 is 0 Å². The minimum absolute atomic E-state index is 0.0470.